The van der Waals surface area contributed by atoms with E-state index in [4.69, 9.17) is 15.0 Å². The lowest BCUT2D eigenvalue weighted by Crippen LogP contribution is -2.41. The molecule has 1 aliphatic heterocycles. The van der Waals surface area contributed by atoms with Crippen molar-refractivity contribution in [2.45, 2.75) is 38.9 Å². The van der Waals surface area contributed by atoms with Gasteiger partial charge >= 0.3 is 7.12 Å². The lowest BCUT2D eigenvalue weighted by atomic mass is 9.77. The van der Waals surface area contributed by atoms with Crippen molar-refractivity contribution in [2.24, 2.45) is 5.73 Å². The number of rotatable bonds is 3. The first kappa shape index (κ1) is 15.3. The van der Waals surface area contributed by atoms with Gasteiger partial charge in [0.15, 0.2) is 0 Å². The second kappa shape index (κ2) is 5.23. The molecular weight excluding hydrogens is 277 g/mol. The minimum atomic E-state index is -0.419. The molecule has 3 heterocycles. The van der Waals surface area contributed by atoms with E-state index >= 15 is 0 Å². The summed E-state index contributed by atoms with van der Waals surface area (Å²) in [5, 5.41) is 1.06. The van der Waals surface area contributed by atoms with Crippen LogP contribution in [0.4, 0.5) is 0 Å². The van der Waals surface area contributed by atoms with E-state index in [1.165, 1.54) is 0 Å². The smallest absolute Gasteiger partial charge is 0.400 e. The molecule has 0 aliphatic carbocycles. The number of aromatic nitrogens is 2. The molecule has 1 aliphatic rings. The number of aromatic amines is 1. The summed E-state index contributed by atoms with van der Waals surface area (Å²) in [4.78, 5) is 7.41. The molecule has 2 aromatic heterocycles. The Hall–Kier alpha value is -1.63. The van der Waals surface area contributed by atoms with Gasteiger partial charge in [-0.1, -0.05) is 6.08 Å². The van der Waals surface area contributed by atoms with E-state index < -0.39 is 7.12 Å². The predicted octanol–water partition coefficient (Wildman–Crippen LogP) is 2.54. The van der Waals surface area contributed by atoms with E-state index in [1.54, 1.807) is 6.20 Å². The molecule has 3 N–H and O–H groups in total. The summed E-state index contributed by atoms with van der Waals surface area (Å²) in [7, 11) is -0.419. The third-order valence-electron chi connectivity index (χ3n) is 4.63. The van der Waals surface area contributed by atoms with Gasteiger partial charge in [-0.05, 0) is 50.9 Å². The maximum absolute atomic E-state index is 6.09. The second-order valence-electron chi connectivity index (χ2n) is 6.65. The molecule has 22 heavy (non-hydrogen) atoms. The zero-order valence-electron chi connectivity index (χ0n) is 13.5. The van der Waals surface area contributed by atoms with Crippen LogP contribution in [0, 0.1) is 0 Å². The van der Waals surface area contributed by atoms with E-state index in [1.807, 2.05) is 52.1 Å². The van der Waals surface area contributed by atoms with Crippen molar-refractivity contribution in [3.63, 3.8) is 0 Å². The van der Waals surface area contributed by atoms with Crippen LogP contribution in [0.2, 0.25) is 0 Å². The maximum Gasteiger partial charge on any atom is 0.491 e. The fraction of sp³-hybridized carbons (Fsp3) is 0.438. The Morgan fingerprint density at radius 3 is 2.59 bits per heavy atom. The summed E-state index contributed by atoms with van der Waals surface area (Å²) in [6.07, 6.45) is 5.70. The van der Waals surface area contributed by atoms with Gasteiger partial charge in [0.1, 0.15) is 5.65 Å². The molecule has 6 heteroatoms. The van der Waals surface area contributed by atoms with E-state index in [0.717, 1.165) is 22.1 Å². The van der Waals surface area contributed by atoms with Gasteiger partial charge in [-0.25, -0.2) is 4.98 Å². The fourth-order valence-electron chi connectivity index (χ4n) is 2.53. The average Bonchev–Trinajstić information content (AvgIpc) is 2.99. The molecule has 0 saturated carbocycles. The quantitative estimate of drug-likeness (QED) is 0.854. The summed E-state index contributed by atoms with van der Waals surface area (Å²) in [6.45, 7) is 8.54. The van der Waals surface area contributed by atoms with Gasteiger partial charge < -0.3 is 20.0 Å². The first-order chi connectivity index (χ1) is 10.3. The summed E-state index contributed by atoms with van der Waals surface area (Å²) in [5.41, 5.74) is 8.05. The molecule has 1 fully saturated rings. The molecule has 0 amide bonds. The first-order valence-corrected chi connectivity index (χ1v) is 7.52. The number of pyridine rings is 1. The highest BCUT2D eigenvalue weighted by molar-refractivity contribution is 6.56. The second-order valence-corrected chi connectivity index (χ2v) is 6.65. The van der Waals surface area contributed by atoms with Gasteiger partial charge in [-0.3, -0.25) is 0 Å². The highest BCUT2D eigenvalue weighted by Crippen LogP contribution is 2.38. The highest BCUT2D eigenvalue weighted by Gasteiger charge is 2.52. The van der Waals surface area contributed by atoms with Crippen LogP contribution in [-0.4, -0.2) is 34.8 Å². The number of hydrogen-bond donors (Lipinski definition) is 2. The lowest BCUT2D eigenvalue weighted by molar-refractivity contribution is 0.00578. The monoisotopic (exact) mass is 299 g/mol. The van der Waals surface area contributed by atoms with Crippen LogP contribution in [0.5, 0.6) is 0 Å². The van der Waals surface area contributed by atoms with Crippen molar-refractivity contribution in [1.29, 1.82) is 0 Å². The zero-order chi connectivity index (χ0) is 16.0. The molecule has 0 unspecified atom stereocenters. The number of nitrogens with two attached hydrogens (primary N) is 1. The van der Waals surface area contributed by atoms with Crippen LogP contribution >= 0.6 is 0 Å². The minimum absolute atomic E-state index is 0.367. The van der Waals surface area contributed by atoms with Crippen LogP contribution < -0.4 is 5.73 Å². The van der Waals surface area contributed by atoms with Gasteiger partial charge in [-0.15, -0.1) is 0 Å². The van der Waals surface area contributed by atoms with Crippen molar-refractivity contribution in [1.82, 2.24) is 9.97 Å². The van der Waals surface area contributed by atoms with E-state index in [0.29, 0.717) is 6.54 Å². The van der Waals surface area contributed by atoms with Gasteiger partial charge in [0.2, 0.25) is 0 Å². The molecule has 2 aromatic rings. The molecule has 0 atom stereocenters. The zero-order valence-corrected chi connectivity index (χ0v) is 13.5. The molecule has 3 rings (SSSR count). The molecule has 5 nitrogen and oxygen atoms in total. The van der Waals surface area contributed by atoms with Crippen molar-refractivity contribution in [3.05, 3.63) is 35.6 Å². The Morgan fingerprint density at radius 2 is 1.95 bits per heavy atom. The highest BCUT2D eigenvalue weighted by atomic mass is 16.7. The number of fused-ring (bicyclic) bond motifs is 1. The summed E-state index contributed by atoms with van der Waals surface area (Å²) in [5.74, 6) is 0. The third kappa shape index (κ3) is 2.47. The lowest BCUT2D eigenvalue weighted by Gasteiger charge is -2.32. The predicted molar refractivity (Wildman–Crippen MR) is 89.2 cm³/mol. The number of H-pyrrole nitrogens is 1. The standard InChI is InChI=1S/C16H22BN3O2/c1-15(2)16(3,4)22-17(21-15)12(10-18)9-11-5-7-19-14-13(11)6-8-20-14/h5-9H,10,18H2,1-4H3,(H,19,20). The molecule has 1 saturated heterocycles. The average molecular weight is 299 g/mol. The van der Waals surface area contributed by atoms with Gasteiger partial charge in [0, 0.05) is 24.3 Å². The first-order valence-electron chi connectivity index (χ1n) is 7.52. The third-order valence-corrected chi connectivity index (χ3v) is 4.63. The fourth-order valence-corrected chi connectivity index (χ4v) is 2.53. The Bertz CT molecular complexity index is 705. The molecule has 0 aromatic carbocycles. The molecule has 0 spiro atoms. The van der Waals surface area contributed by atoms with E-state index in [2.05, 4.69) is 9.97 Å². The Labute approximate surface area is 131 Å². The van der Waals surface area contributed by atoms with Crippen molar-refractivity contribution in [3.8, 4) is 0 Å². The summed E-state index contributed by atoms with van der Waals surface area (Å²) >= 11 is 0. The maximum atomic E-state index is 6.09. The minimum Gasteiger partial charge on any atom is -0.400 e. The molecular formula is C16H22BN3O2. The SMILES string of the molecule is CC1(C)OB(C(=Cc2ccnc3[nH]ccc23)CN)OC1(C)C. The van der Waals surface area contributed by atoms with Crippen LogP contribution in [0.3, 0.4) is 0 Å². The van der Waals surface area contributed by atoms with E-state index in [9.17, 15) is 0 Å². The number of nitrogens with zero attached hydrogens (tertiary/aromatic N) is 1. The van der Waals surface area contributed by atoms with Crippen molar-refractivity contribution >= 4 is 24.2 Å². The summed E-state index contributed by atoms with van der Waals surface area (Å²) in [6, 6.07) is 3.98. The Kier molecular flexibility index (Phi) is 3.63. The van der Waals surface area contributed by atoms with E-state index in [-0.39, 0.29) is 11.2 Å². The van der Waals surface area contributed by atoms with Crippen molar-refractivity contribution in [2.75, 3.05) is 6.54 Å². The topological polar surface area (TPSA) is 73.2 Å². The molecule has 0 bridgehead atoms. The number of hydrogen-bond acceptors (Lipinski definition) is 4. The van der Waals surface area contributed by atoms with Crippen LogP contribution in [0.1, 0.15) is 33.3 Å². The van der Waals surface area contributed by atoms with Crippen molar-refractivity contribution < 1.29 is 9.31 Å². The molecule has 0 radical (unpaired) electrons. The molecule has 116 valence electrons. The normalized spacial score (nSPS) is 20.8. The Balaban J connectivity index is 1.97. The number of nitrogens with one attached hydrogen (secondary N) is 1. The van der Waals surface area contributed by atoms with Crippen LogP contribution in [0.25, 0.3) is 17.1 Å². The van der Waals surface area contributed by atoms with Gasteiger partial charge in [-0.2, -0.15) is 0 Å². The van der Waals surface area contributed by atoms with Gasteiger partial charge in [0.25, 0.3) is 0 Å². The van der Waals surface area contributed by atoms with Crippen LogP contribution in [-0.2, 0) is 9.31 Å². The Morgan fingerprint density at radius 1 is 1.27 bits per heavy atom. The summed E-state index contributed by atoms with van der Waals surface area (Å²) < 4.78 is 12.2. The largest absolute Gasteiger partial charge is 0.491 e. The van der Waals surface area contributed by atoms with Crippen LogP contribution in [0.15, 0.2) is 30.0 Å². The van der Waals surface area contributed by atoms with Gasteiger partial charge in [0.05, 0.1) is 11.2 Å².